The number of anilines is 1. The van der Waals surface area contributed by atoms with Crippen molar-refractivity contribution in [1.82, 2.24) is 5.32 Å². The molecule has 0 aliphatic rings. The van der Waals surface area contributed by atoms with Gasteiger partial charge in [-0.15, -0.1) is 0 Å². The van der Waals surface area contributed by atoms with E-state index in [1.165, 1.54) is 44.6 Å². The summed E-state index contributed by atoms with van der Waals surface area (Å²) >= 11 is 0. The molecule has 0 saturated carbocycles. The molecule has 1 amide bonds. The molecule has 0 heterocycles. The highest BCUT2D eigenvalue weighted by Crippen LogP contribution is 2.37. The van der Waals surface area contributed by atoms with Crippen molar-refractivity contribution >= 4 is 27.3 Å². The Morgan fingerprint density at radius 1 is 1.15 bits per heavy atom. The number of para-hydroxylation sites is 1. The van der Waals surface area contributed by atoms with Gasteiger partial charge in [0.1, 0.15) is 18.0 Å². The van der Waals surface area contributed by atoms with Crippen LogP contribution < -0.4 is 19.1 Å². The predicted molar refractivity (Wildman–Crippen MR) is 126 cm³/mol. The van der Waals surface area contributed by atoms with Crippen molar-refractivity contribution in [2.75, 3.05) is 38.2 Å². The summed E-state index contributed by atoms with van der Waals surface area (Å²) in [5.74, 6) is -0.0811. The first-order chi connectivity index (χ1) is 16.1. The van der Waals surface area contributed by atoms with Gasteiger partial charge in [0, 0.05) is 25.3 Å². The van der Waals surface area contributed by atoms with Crippen LogP contribution in [0.1, 0.15) is 20.3 Å². The number of nitrogens with zero attached hydrogens (tertiary/aromatic N) is 2. The quantitative estimate of drug-likeness (QED) is 0.254. The number of methoxy groups -OCH3 is 2. The lowest BCUT2D eigenvalue weighted by Crippen LogP contribution is -2.41. The Hall–Kier alpha value is -3.38. The Labute approximate surface area is 198 Å². The molecule has 0 aromatic heterocycles. The van der Waals surface area contributed by atoms with Crippen LogP contribution in [0.2, 0.25) is 0 Å². The zero-order valence-corrected chi connectivity index (χ0v) is 20.3. The number of carbonyl (C=O) groups is 1. The first kappa shape index (κ1) is 26.9. The SMILES string of the molecule is COc1ccc(N(CC(=O)NCCCOC(C)C)S(=O)(=O)c2ccccc2[N+](=O)[O-])c(OC)c1. The lowest BCUT2D eigenvalue weighted by atomic mass is 10.2. The van der Waals surface area contributed by atoms with E-state index in [4.69, 9.17) is 14.2 Å². The molecule has 1 N–H and O–H groups in total. The van der Waals surface area contributed by atoms with Crippen LogP contribution in [-0.4, -0.2) is 59.3 Å². The van der Waals surface area contributed by atoms with Crippen molar-refractivity contribution in [3.63, 3.8) is 0 Å². The van der Waals surface area contributed by atoms with Crippen LogP contribution in [-0.2, 0) is 19.6 Å². The van der Waals surface area contributed by atoms with Gasteiger partial charge in [0.2, 0.25) is 5.91 Å². The first-order valence-electron chi connectivity index (χ1n) is 10.5. The van der Waals surface area contributed by atoms with Crippen molar-refractivity contribution in [2.45, 2.75) is 31.3 Å². The standard InChI is InChI=1S/C22H29N3O8S/c1-16(2)33-13-7-12-23-22(26)15-24(18-11-10-17(31-3)14-20(18)32-4)34(29,30)21-9-6-5-8-19(21)25(27)28/h5-6,8-11,14,16H,7,12-13,15H2,1-4H3,(H,23,26). The zero-order chi connectivity index (χ0) is 25.3. The number of hydrogen-bond donors (Lipinski definition) is 1. The number of ether oxygens (including phenoxy) is 3. The van der Waals surface area contributed by atoms with Crippen LogP contribution in [0, 0.1) is 10.1 Å². The summed E-state index contributed by atoms with van der Waals surface area (Å²) in [6.07, 6.45) is 0.590. The first-order valence-corrected chi connectivity index (χ1v) is 11.9. The number of nitro groups is 1. The Bertz CT molecular complexity index is 1110. The molecule has 0 unspecified atom stereocenters. The molecule has 12 heteroatoms. The van der Waals surface area contributed by atoms with Gasteiger partial charge in [-0.1, -0.05) is 12.1 Å². The van der Waals surface area contributed by atoms with Crippen LogP contribution in [0.15, 0.2) is 47.4 Å². The third-order valence-electron chi connectivity index (χ3n) is 4.67. The summed E-state index contributed by atoms with van der Waals surface area (Å²) in [6, 6.07) is 9.31. The number of carbonyl (C=O) groups excluding carboxylic acids is 1. The summed E-state index contributed by atoms with van der Waals surface area (Å²) in [4.78, 5) is 22.9. The van der Waals surface area contributed by atoms with E-state index < -0.39 is 38.0 Å². The van der Waals surface area contributed by atoms with Crippen molar-refractivity contribution in [2.24, 2.45) is 0 Å². The highest BCUT2D eigenvalue weighted by Gasteiger charge is 2.34. The normalized spacial score (nSPS) is 11.2. The molecule has 0 radical (unpaired) electrons. The molecule has 11 nitrogen and oxygen atoms in total. The maximum absolute atomic E-state index is 13.6. The van der Waals surface area contributed by atoms with Gasteiger partial charge >= 0.3 is 0 Å². The third-order valence-corrected chi connectivity index (χ3v) is 6.47. The fourth-order valence-corrected chi connectivity index (χ4v) is 4.63. The molecule has 0 aliphatic carbocycles. The van der Waals surface area contributed by atoms with E-state index in [0.29, 0.717) is 18.8 Å². The molecule has 0 atom stereocenters. The van der Waals surface area contributed by atoms with Gasteiger partial charge in [0.15, 0.2) is 4.90 Å². The summed E-state index contributed by atoms with van der Waals surface area (Å²) in [6.45, 7) is 3.87. The van der Waals surface area contributed by atoms with E-state index in [1.807, 2.05) is 13.8 Å². The van der Waals surface area contributed by atoms with Gasteiger partial charge in [-0.25, -0.2) is 8.42 Å². The highest BCUT2D eigenvalue weighted by atomic mass is 32.2. The minimum atomic E-state index is -4.54. The number of rotatable bonds is 13. The van der Waals surface area contributed by atoms with E-state index in [0.717, 1.165) is 16.4 Å². The number of sulfonamides is 1. The van der Waals surface area contributed by atoms with Crippen LogP contribution in [0.3, 0.4) is 0 Å². The van der Waals surface area contributed by atoms with Gasteiger partial charge in [-0.2, -0.15) is 0 Å². The largest absolute Gasteiger partial charge is 0.497 e. The lowest BCUT2D eigenvalue weighted by Gasteiger charge is -2.25. The topological polar surface area (TPSA) is 137 Å². The second-order valence-corrected chi connectivity index (χ2v) is 9.23. The van der Waals surface area contributed by atoms with Crippen molar-refractivity contribution in [3.8, 4) is 11.5 Å². The second kappa shape index (κ2) is 12.2. The Balaban J connectivity index is 2.43. The number of nitrogens with one attached hydrogen (secondary N) is 1. The third kappa shape index (κ3) is 6.81. The van der Waals surface area contributed by atoms with E-state index in [9.17, 15) is 23.3 Å². The smallest absolute Gasteiger partial charge is 0.289 e. The van der Waals surface area contributed by atoms with Crippen molar-refractivity contribution < 1.29 is 32.3 Å². The molecule has 186 valence electrons. The van der Waals surface area contributed by atoms with Crippen LogP contribution in [0.5, 0.6) is 11.5 Å². The lowest BCUT2D eigenvalue weighted by molar-refractivity contribution is -0.387. The molecule has 0 bridgehead atoms. The van der Waals surface area contributed by atoms with Crippen molar-refractivity contribution in [1.29, 1.82) is 0 Å². The van der Waals surface area contributed by atoms with E-state index in [2.05, 4.69) is 5.32 Å². The van der Waals surface area contributed by atoms with Gasteiger partial charge in [-0.05, 0) is 38.5 Å². The number of nitro benzene ring substituents is 1. The van der Waals surface area contributed by atoms with Crippen LogP contribution >= 0.6 is 0 Å². The Morgan fingerprint density at radius 3 is 2.47 bits per heavy atom. The maximum atomic E-state index is 13.6. The van der Waals surface area contributed by atoms with Gasteiger partial charge in [0.25, 0.3) is 15.7 Å². The Kier molecular flexibility index (Phi) is 9.63. The minimum Gasteiger partial charge on any atom is -0.497 e. The summed E-state index contributed by atoms with van der Waals surface area (Å²) in [5, 5.41) is 14.2. The number of hydrogen-bond acceptors (Lipinski definition) is 8. The summed E-state index contributed by atoms with van der Waals surface area (Å²) in [7, 11) is -1.76. The zero-order valence-electron chi connectivity index (χ0n) is 19.5. The second-order valence-electron chi connectivity index (χ2n) is 7.40. The van der Waals surface area contributed by atoms with E-state index in [1.54, 1.807) is 0 Å². The summed E-state index contributed by atoms with van der Waals surface area (Å²) in [5.41, 5.74) is -0.578. The maximum Gasteiger partial charge on any atom is 0.289 e. The fraction of sp³-hybridized carbons (Fsp3) is 0.409. The molecular formula is C22H29N3O8S. The average Bonchev–Trinajstić information content (AvgIpc) is 2.81. The molecule has 0 spiro atoms. The van der Waals surface area contributed by atoms with Crippen LogP contribution in [0.4, 0.5) is 11.4 Å². The average molecular weight is 496 g/mol. The van der Waals surface area contributed by atoms with E-state index in [-0.39, 0.29) is 24.1 Å². The summed E-state index contributed by atoms with van der Waals surface area (Å²) < 4.78 is 43.9. The molecule has 34 heavy (non-hydrogen) atoms. The Morgan fingerprint density at radius 2 is 1.85 bits per heavy atom. The monoisotopic (exact) mass is 495 g/mol. The molecule has 2 aromatic carbocycles. The van der Waals surface area contributed by atoms with Gasteiger partial charge in [0.05, 0.1) is 30.9 Å². The number of amides is 1. The van der Waals surface area contributed by atoms with Gasteiger partial charge in [-0.3, -0.25) is 19.2 Å². The molecule has 2 rings (SSSR count). The molecule has 0 aliphatic heterocycles. The molecular weight excluding hydrogens is 466 g/mol. The van der Waals surface area contributed by atoms with Crippen molar-refractivity contribution in [3.05, 3.63) is 52.6 Å². The van der Waals surface area contributed by atoms with Crippen LogP contribution in [0.25, 0.3) is 0 Å². The minimum absolute atomic E-state index is 0.0275. The fourth-order valence-electron chi connectivity index (χ4n) is 3.04. The highest BCUT2D eigenvalue weighted by molar-refractivity contribution is 7.93. The van der Waals surface area contributed by atoms with Gasteiger partial charge < -0.3 is 19.5 Å². The molecule has 2 aromatic rings. The van der Waals surface area contributed by atoms with E-state index >= 15 is 0 Å². The molecule has 0 fully saturated rings. The molecule has 0 saturated heterocycles. The number of benzene rings is 2. The predicted octanol–water partition coefficient (Wildman–Crippen LogP) is 2.74.